The molecule has 2 aromatic rings. The molecule has 120 valence electrons. The van der Waals surface area contributed by atoms with Crippen LogP contribution in [0, 0.1) is 5.92 Å². The summed E-state index contributed by atoms with van der Waals surface area (Å²) in [6.45, 7) is 3.56. The van der Waals surface area contributed by atoms with E-state index in [2.05, 4.69) is 25.2 Å². The van der Waals surface area contributed by atoms with Crippen molar-refractivity contribution in [2.45, 2.75) is 25.8 Å². The number of rotatable bonds is 4. The van der Waals surface area contributed by atoms with Gasteiger partial charge in [0.05, 0.1) is 23.9 Å². The van der Waals surface area contributed by atoms with Crippen molar-refractivity contribution in [2.75, 3.05) is 18.0 Å². The second-order valence-electron chi connectivity index (χ2n) is 5.83. The van der Waals surface area contributed by atoms with Crippen LogP contribution in [0.15, 0.2) is 43.0 Å². The van der Waals surface area contributed by atoms with Gasteiger partial charge in [-0.1, -0.05) is 6.07 Å². The van der Waals surface area contributed by atoms with Gasteiger partial charge in [-0.2, -0.15) is 0 Å². The van der Waals surface area contributed by atoms with E-state index in [0.29, 0.717) is 6.54 Å². The number of aromatic nitrogens is 3. The number of carbonyl (C=O) groups excluding carboxylic acids is 1. The lowest BCUT2D eigenvalue weighted by molar-refractivity contribution is -0.125. The number of nitrogens with zero attached hydrogens (tertiary/aromatic N) is 4. The number of piperidine rings is 1. The van der Waals surface area contributed by atoms with Gasteiger partial charge in [0.1, 0.15) is 5.82 Å². The van der Waals surface area contributed by atoms with Crippen LogP contribution in [0.2, 0.25) is 0 Å². The topological polar surface area (TPSA) is 71.0 Å². The molecule has 0 spiro atoms. The zero-order valence-corrected chi connectivity index (χ0v) is 13.2. The van der Waals surface area contributed by atoms with Gasteiger partial charge in [0, 0.05) is 31.7 Å². The summed E-state index contributed by atoms with van der Waals surface area (Å²) in [6.07, 6.45) is 8.71. The molecule has 3 rings (SSSR count). The second-order valence-corrected chi connectivity index (χ2v) is 5.83. The average Bonchev–Trinajstić information content (AvgIpc) is 2.63. The molecular formula is C17H21N5O. The largest absolute Gasteiger partial charge is 0.355 e. The molecule has 1 aliphatic heterocycles. The fourth-order valence-electron chi connectivity index (χ4n) is 2.89. The normalized spacial score (nSPS) is 19.2. The van der Waals surface area contributed by atoms with E-state index in [-0.39, 0.29) is 17.9 Å². The van der Waals surface area contributed by atoms with Crippen LogP contribution in [0.3, 0.4) is 0 Å². The molecule has 6 nitrogen and oxygen atoms in total. The number of nitrogens with one attached hydrogen (secondary N) is 1. The van der Waals surface area contributed by atoms with E-state index < -0.39 is 0 Å². The maximum Gasteiger partial charge on any atom is 0.225 e. The molecule has 1 N–H and O–H groups in total. The molecular weight excluding hydrogens is 290 g/mol. The third-order valence-electron chi connectivity index (χ3n) is 4.16. The smallest absolute Gasteiger partial charge is 0.225 e. The van der Waals surface area contributed by atoms with Gasteiger partial charge in [-0.05, 0) is 31.9 Å². The van der Waals surface area contributed by atoms with Crippen LogP contribution in [-0.4, -0.2) is 33.9 Å². The molecule has 1 saturated heterocycles. The van der Waals surface area contributed by atoms with E-state index in [4.69, 9.17) is 0 Å². The van der Waals surface area contributed by atoms with E-state index >= 15 is 0 Å². The van der Waals surface area contributed by atoms with Gasteiger partial charge >= 0.3 is 0 Å². The summed E-state index contributed by atoms with van der Waals surface area (Å²) >= 11 is 0. The molecule has 0 aromatic carbocycles. The first-order valence-corrected chi connectivity index (χ1v) is 7.96. The average molecular weight is 311 g/mol. The molecule has 0 bridgehead atoms. The minimum absolute atomic E-state index is 0.0306. The summed E-state index contributed by atoms with van der Waals surface area (Å²) in [5.74, 6) is 0.886. The van der Waals surface area contributed by atoms with Crippen molar-refractivity contribution in [3.63, 3.8) is 0 Å². The minimum Gasteiger partial charge on any atom is -0.355 e. The molecule has 0 saturated carbocycles. The van der Waals surface area contributed by atoms with Crippen LogP contribution >= 0.6 is 0 Å². The Morgan fingerprint density at radius 3 is 2.96 bits per heavy atom. The number of hydrogen-bond donors (Lipinski definition) is 1. The number of anilines is 1. The molecule has 0 unspecified atom stereocenters. The summed E-state index contributed by atoms with van der Waals surface area (Å²) in [7, 11) is 0. The SMILES string of the molecule is C[C@@H](NC(=O)[C@@H]1CCCN(c2cnccn2)C1)c1ccccn1. The Balaban J connectivity index is 1.61. The van der Waals surface area contributed by atoms with Gasteiger partial charge in [-0.25, -0.2) is 4.98 Å². The second kappa shape index (κ2) is 7.17. The summed E-state index contributed by atoms with van der Waals surface area (Å²) in [4.78, 5) is 27.4. The zero-order chi connectivity index (χ0) is 16.1. The lowest BCUT2D eigenvalue weighted by Crippen LogP contribution is -2.44. The van der Waals surface area contributed by atoms with Gasteiger partial charge in [-0.3, -0.25) is 14.8 Å². The molecule has 1 fully saturated rings. The molecule has 23 heavy (non-hydrogen) atoms. The first-order valence-electron chi connectivity index (χ1n) is 7.96. The first kappa shape index (κ1) is 15.4. The first-order chi connectivity index (χ1) is 11.2. The third-order valence-corrected chi connectivity index (χ3v) is 4.16. The van der Waals surface area contributed by atoms with Crippen molar-refractivity contribution >= 4 is 11.7 Å². The molecule has 2 atom stereocenters. The van der Waals surface area contributed by atoms with Gasteiger partial charge in [0.25, 0.3) is 0 Å². The lowest BCUT2D eigenvalue weighted by Gasteiger charge is -2.33. The van der Waals surface area contributed by atoms with Gasteiger partial charge in [0.2, 0.25) is 5.91 Å². The third kappa shape index (κ3) is 3.83. The Morgan fingerprint density at radius 1 is 1.30 bits per heavy atom. The Kier molecular flexibility index (Phi) is 4.80. The predicted octanol–water partition coefficient (Wildman–Crippen LogP) is 1.97. The van der Waals surface area contributed by atoms with Crippen molar-refractivity contribution < 1.29 is 4.79 Å². The monoisotopic (exact) mass is 311 g/mol. The van der Waals surface area contributed by atoms with E-state index in [1.807, 2.05) is 25.1 Å². The molecule has 6 heteroatoms. The van der Waals surface area contributed by atoms with Crippen LogP contribution in [0.1, 0.15) is 31.5 Å². The number of hydrogen-bond acceptors (Lipinski definition) is 5. The Labute approximate surface area is 136 Å². The Hall–Kier alpha value is -2.50. The summed E-state index contributed by atoms with van der Waals surface area (Å²) in [6, 6.07) is 5.65. The van der Waals surface area contributed by atoms with Crippen molar-refractivity contribution in [1.82, 2.24) is 20.3 Å². The standard InChI is InChI=1S/C17H21N5O/c1-13(15-6-2-3-7-19-15)21-17(23)14-5-4-10-22(12-14)16-11-18-8-9-20-16/h2-3,6-9,11,13-14H,4-5,10,12H2,1H3,(H,21,23)/t13-,14-/m1/s1. The molecule has 0 aliphatic carbocycles. The van der Waals surface area contributed by atoms with Crippen molar-refractivity contribution in [2.24, 2.45) is 5.92 Å². The van der Waals surface area contributed by atoms with Crippen molar-refractivity contribution in [3.8, 4) is 0 Å². The van der Waals surface area contributed by atoms with Gasteiger partial charge in [-0.15, -0.1) is 0 Å². The van der Waals surface area contributed by atoms with Crippen LogP contribution in [0.25, 0.3) is 0 Å². The summed E-state index contributed by atoms with van der Waals surface area (Å²) in [5.41, 5.74) is 0.877. The van der Waals surface area contributed by atoms with Crippen LogP contribution in [0.5, 0.6) is 0 Å². The molecule has 1 amide bonds. The highest BCUT2D eigenvalue weighted by Gasteiger charge is 2.27. The van der Waals surface area contributed by atoms with Crippen LogP contribution in [0.4, 0.5) is 5.82 Å². The quantitative estimate of drug-likeness (QED) is 0.934. The van der Waals surface area contributed by atoms with Gasteiger partial charge in [0.15, 0.2) is 0 Å². The highest BCUT2D eigenvalue weighted by atomic mass is 16.2. The van der Waals surface area contributed by atoms with Crippen LogP contribution in [-0.2, 0) is 4.79 Å². The van der Waals surface area contributed by atoms with E-state index in [1.54, 1.807) is 24.8 Å². The lowest BCUT2D eigenvalue weighted by atomic mass is 9.96. The number of pyridine rings is 1. The van der Waals surface area contributed by atoms with E-state index in [9.17, 15) is 4.79 Å². The highest BCUT2D eigenvalue weighted by molar-refractivity contribution is 5.79. The summed E-state index contributed by atoms with van der Waals surface area (Å²) in [5, 5.41) is 3.07. The molecule has 0 radical (unpaired) electrons. The minimum atomic E-state index is -0.0874. The molecule has 3 heterocycles. The highest BCUT2D eigenvalue weighted by Crippen LogP contribution is 2.22. The number of carbonyl (C=O) groups is 1. The van der Waals surface area contributed by atoms with Crippen molar-refractivity contribution in [1.29, 1.82) is 0 Å². The summed E-state index contributed by atoms with van der Waals surface area (Å²) < 4.78 is 0. The molecule has 1 aliphatic rings. The zero-order valence-electron chi connectivity index (χ0n) is 13.2. The van der Waals surface area contributed by atoms with Crippen molar-refractivity contribution in [3.05, 3.63) is 48.7 Å². The molecule has 2 aromatic heterocycles. The van der Waals surface area contributed by atoms with E-state index in [1.165, 1.54) is 0 Å². The Bertz CT molecular complexity index is 634. The maximum absolute atomic E-state index is 12.6. The maximum atomic E-state index is 12.6. The predicted molar refractivity (Wildman–Crippen MR) is 87.8 cm³/mol. The van der Waals surface area contributed by atoms with Gasteiger partial charge < -0.3 is 10.2 Å². The fourth-order valence-corrected chi connectivity index (χ4v) is 2.89. The Morgan fingerprint density at radius 2 is 2.22 bits per heavy atom. The number of amides is 1. The fraction of sp³-hybridized carbons (Fsp3) is 0.412. The van der Waals surface area contributed by atoms with Crippen LogP contribution < -0.4 is 10.2 Å². The van der Waals surface area contributed by atoms with E-state index in [0.717, 1.165) is 30.9 Å².